The van der Waals surface area contributed by atoms with Gasteiger partial charge in [-0.2, -0.15) is 0 Å². The Morgan fingerprint density at radius 3 is 2.07 bits per heavy atom. The van der Waals surface area contributed by atoms with Crippen molar-refractivity contribution in [2.24, 2.45) is 0 Å². The maximum absolute atomic E-state index is 13.5. The number of rotatable bonds is 5. The third-order valence-electron chi connectivity index (χ3n) is 7.96. The van der Waals surface area contributed by atoms with Gasteiger partial charge in [-0.1, -0.05) is 32.9 Å². The number of nitrogens with zero attached hydrogens (tertiary/aromatic N) is 4. The summed E-state index contributed by atoms with van der Waals surface area (Å²) in [5.74, 6) is -0.283. The average Bonchev–Trinajstić information content (AvgIpc) is 3.27. The first-order chi connectivity index (χ1) is 20.2. The minimum absolute atomic E-state index is 0.0107. The van der Waals surface area contributed by atoms with Gasteiger partial charge in [0, 0.05) is 81.4 Å². The van der Waals surface area contributed by atoms with Crippen LogP contribution in [0.3, 0.4) is 0 Å². The molecule has 1 aromatic heterocycles. The number of piperazine rings is 1. The zero-order valence-corrected chi connectivity index (χ0v) is 24.7. The summed E-state index contributed by atoms with van der Waals surface area (Å²) >= 11 is 0. The van der Waals surface area contributed by atoms with Crippen molar-refractivity contribution in [2.75, 3.05) is 62.6 Å². The number of aromatic nitrogens is 1. The van der Waals surface area contributed by atoms with E-state index in [4.69, 9.17) is 0 Å². The van der Waals surface area contributed by atoms with Crippen LogP contribution in [0.2, 0.25) is 0 Å². The second-order valence-electron chi connectivity index (χ2n) is 11.9. The Bertz CT molecular complexity index is 1410. The molecule has 0 spiro atoms. The Morgan fingerprint density at radius 1 is 0.738 bits per heavy atom. The standard InChI is InChI=1S/C33H40N6O3/c1-33(2,3)27-8-5-24(6-9-27)30(40)36-28-23-26(32(42)39-19-15-35-16-20-39)7-10-29(28)37-17-4-18-38(22-21-37)31(41)25-11-13-34-14-12-25/h5-14,23,35H,4,15-22H2,1-3H3,(H,36,40). The Balaban J connectivity index is 1.39. The van der Waals surface area contributed by atoms with Crippen molar-refractivity contribution in [2.45, 2.75) is 32.6 Å². The lowest BCUT2D eigenvalue weighted by molar-refractivity contribution is 0.0734. The number of anilines is 2. The first kappa shape index (κ1) is 29.3. The van der Waals surface area contributed by atoms with Gasteiger partial charge in [-0.3, -0.25) is 19.4 Å². The molecule has 2 aliphatic heterocycles. The van der Waals surface area contributed by atoms with E-state index < -0.39 is 0 Å². The van der Waals surface area contributed by atoms with Gasteiger partial charge in [0.15, 0.2) is 0 Å². The minimum atomic E-state index is -0.229. The largest absolute Gasteiger partial charge is 0.368 e. The van der Waals surface area contributed by atoms with Gasteiger partial charge in [0.25, 0.3) is 17.7 Å². The molecule has 3 amide bonds. The third-order valence-corrected chi connectivity index (χ3v) is 7.96. The fourth-order valence-electron chi connectivity index (χ4n) is 5.45. The van der Waals surface area contributed by atoms with E-state index >= 15 is 0 Å². The lowest BCUT2D eigenvalue weighted by Gasteiger charge is -2.29. The Morgan fingerprint density at radius 2 is 1.38 bits per heavy atom. The van der Waals surface area contributed by atoms with Crippen molar-refractivity contribution in [3.63, 3.8) is 0 Å². The van der Waals surface area contributed by atoms with Gasteiger partial charge in [-0.05, 0) is 59.9 Å². The fourth-order valence-corrected chi connectivity index (χ4v) is 5.45. The molecule has 9 heteroatoms. The number of benzene rings is 2. The van der Waals surface area contributed by atoms with Crippen molar-refractivity contribution >= 4 is 29.1 Å². The molecule has 2 saturated heterocycles. The summed E-state index contributed by atoms with van der Waals surface area (Å²) < 4.78 is 0. The summed E-state index contributed by atoms with van der Waals surface area (Å²) in [6.07, 6.45) is 4.04. The summed E-state index contributed by atoms with van der Waals surface area (Å²) in [5.41, 5.74) is 4.29. The molecule has 0 radical (unpaired) electrons. The van der Waals surface area contributed by atoms with E-state index in [1.54, 1.807) is 30.6 Å². The van der Waals surface area contributed by atoms with Crippen LogP contribution in [-0.4, -0.2) is 84.9 Å². The van der Waals surface area contributed by atoms with Gasteiger partial charge in [0.05, 0.1) is 11.4 Å². The monoisotopic (exact) mass is 568 g/mol. The number of carbonyl (C=O) groups is 3. The van der Waals surface area contributed by atoms with Gasteiger partial charge in [-0.25, -0.2) is 0 Å². The van der Waals surface area contributed by atoms with E-state index in [-0.39, 0.29) is 23.1 Å². The number of carbonyl (C=O) groups excluding carboxylic acids is 3. The topological polar surface area (TPSA) is 97.9 Å². The summed E-state index contributed by atoms with van der Waals surface area (Å²) in [6, 6.07) is 16.7. The highest BCUT2D eigenvalue weighted by atomic mass is 16.2. The molecule has 2 aliphatic rings. The predicted octanol–water partition coefficient (Wildman–Crippen LogP) is 4.03. The number of hydrogen-bond donors (Lipinski definition) is 2. The second kappa shape index (κ2) is 12.7. The number of pyridine rings is 1. The summed E-state index contributed by atoms with van der Waals surface area (Å²) in [7, 11) is 0. The maximum Gasteiger partial charge on any atom is 0.255 e. The zero-order valence-electron chi connectivity index (χ0n) is 24.7. The van der Waals surface area contributed by atoms with Crippen LogP contribution in [0.15, 0.2) is 67.0 Å². The lowest BCUT2D eigenvalue weighted by atomic mass is 9.86. The molecule has 5 rings (SSSR count). The van der Waals surface area contributed by atoms with E-state index in [0.29, 0.717) is 61.6 Å². The highest BCUT2D eigenvalue weighted by Gasteiger charge is 2.25. The number of hydrogen-bond acceptors (Lipinski definition) is 6. The lowest BCUT2D eigenvalue weighted by Crippen LogP contribution is -2.46. The van der Waals surface area contributed by atoms with Crippen LogP contribution in [0.5, 0.6) is 0 Å². The van der Waals surface area contributed by atoms with Gasteiger partial charge in [0.1, 0.15) is 0 Å². The number of nitrogens with one attached hydrogen (secondary N) is 2. The average molecular weight is 569 g/mol. The van der Waals surface area contributed by atoms with Gasteiger partial charge in [-0.15, -0.1) is 0 Å². The van der Waals surface area contributed by atoms with Gasteiger partial charge in [0.2, 0.25) is 0 Å². The molecule has 2 aromatic carbocycles. The molecule has 0 bridgehead atoms. The normalized spacial score (nSPS) is 16.1. The van der Waals surface area contributed by atoms with E-state index in [0.717, 1.165) is 30.8 Å². The van der Waals surface area contributed by atoms with E-state index in [1.165, 1.54) is 0 Å². The molecule has 3 heterocycles. The summed E-state index contributed by atoms with van der Waals surface area (Å²) in [6.45, 7) is 11.8. The molecule has 220 valence electrons. The quantitative estimate of drug-likeness (QED) is 0.483. The Hall–Kier alpha value is -4.24. The summed E-state index contributed by atoms with van der Waals surface area (Å²) in [5, 5.41) is 6.39. The first-order valence-electron chi connectivity index (χ1n) is 14.7. The van der Waals surface area contributed by atoms with Gasteiger partial charge >= 0.3 is 0 Å². The highest BCUT2D eigenvalue weighted by Crippen LogP contribution is 2.30. The minimum Gasteiger partial charge on any atom is -0.368 e. The van der Waals surface area contributed by atoms with Crippen molar-refractivity contribution in [3.8, 4) is 0 Å². The Kier molecular flexibility index (Phi) is 8.87. The van der Waals surface area contributed by atoms with Crippen LogP contribution < -0.4 is 15.5 Å². The van der Waals surface area contributed by atoms with Crippen molar-refractivity contribution in [3.05, 3.63) is 89.2 Å². The molecule has 9 nitrogen and oxygen atoms in total. The second-order valence-corrected chi connectivity index (χ2v) is 11.9. The predicted molar refractivity (Wildman–Crippen MR) is 165 cm³/mol. The van der Waals surface area contributed by atoms with Crippen molar-refractivity contribution in [1.82, 2.24) is 20.1 Å². The van der Waals surface area contributed by atoms with Crippen LogP contribution in [0.4, 0.5) is 11.4 Å². The van der Waals surface area contributed by atoms with E-state index in [2.05, 4.69) is 41.3 Å². The van der Waals surface area contributed by atoms with Crippen LogP contribution in [0.25, 0.3) is 0 Å². The maximum atomic E-state index is 13.5. The smallest absolute Gasteiger partial charge is 0.255 e. The van der Waals surface area contributed by atoms with Gasteiger partial charge < -0.3 is 25.3 Å². The third kappa shape index (κ3) is 6.79. The molecule has 42 heavy (non-hydrogen) atoms. The molecule has 0 unspecified atom stereocenters. The van der Waals surface area contributed by atoms with Crippen molar-refractivity contribution < 1.29 is 14.4 Å². The molecular formula is C33H40N6O3. The van der Waals surface area contributed by atoms with Crippen LogP contribution >= 0.6 is 0 Å². The van der Waals surface area contributed by atoms with Crippen LogP contribution in [0, 0.1) is 0 Å². The Labute approximate surface area is 247 Å². The summed E-state index contributed by atoms with van der Waals surface area (Å²) in [4.78, 5) is 49.8. The SMILES string of the molecule is CC(C)(C)c1ccc(C(=O)Nc2cc(C(=O)N3CCNCC3)ccc2N2CCCN(C(=O)c3ccncc3)CC2)cc1. The zero-order chi connectivity index (χ0) is 29.7. The van der Waals surface area contributed by atoms with Crippen LogP contribution in [-0.2, 0) is 5.41 Å². The molecule has 3 aromatic rings. The molecule has 2 fully saturated rings. The molecular weight excluding hydrogens is 528 g/mol. The fraction of sp³-hybridized carbons (Fsp3) is 0.394. The van der Waals surface area contributed by atoms with Crippen LogP contribution in [0.1, 0.15) is 63.8 Å². The molecule has 2 N–H and O–H groups in total. The number of amides is 3. The molecule has 0 saturated carbocycles. The van der Waals surface area contributed by atoms with E-state index in [1.807, 2.05) is 46.2 Å². The van der Waals surface area contributed by atoms with Crippen molar-refractivity contribution in [1.29, 1.82) is 0 Å². The molecule has 0 atom stereocenters. The van der Waals surface area contributed by atoms with E-state index in [9.17, 15) is 14.4 Å². The highest BCUT2D eigenvalue weighted by molar-refractivity contribution is 6.07. The first-order valence-corrected chi connectivity index (χ1v) is 14.7. The molecule has 0 aliphatic carbocycles.